The van der Waals surface area contributed by atoms with Crippen molar-refractivity contribution in [2.24, 2.45) is 11.7 Å². The van der Waals surface area contributed by atoms with Crippen LogP contribution >= 0.6 is 0 Å². The zero-order valence-corrected chi connectivity index (χ0v) is 11.5. The molecule has 2 unspecified atom stereocenters. The molecule has 3 N–H and O–H groups in total. The number of rotatable bonds is 7. The first-order valence-electron chi connectivity index (χ1n) is 5.92. The van der Waals surface area contributed by atoms with Crippen LogP contribution in [0.3, 0.4) is 0 Å². The van der Waals surface area contributed by atoms with Crippen molar-refractivity contribution in [3.05, 3.63) is 0 Å². The van der Waals surface area contributed by atoms with Gasteiger partial charge in [0.1, 0.15) is 0 Å². The number of primary amides is 1. The zero-order valence-electron chi connectivity index (χ0n) is 11.5. The number of hydrogen-bond acceptors (Lipinski definition) is 3. The fourth-order valence-electron chi connectivity index (χ4n) is 1.83. The zero-order chi connectivity index (χ0) is 12.9. The SMILES string of the molecule is CNC(C)(CC(C)N(C)CC(C)C)C(N)=O. The molecule has 0 aliphatic carbocycles. The fourth-order valence-corrected chi connectivity index (χ4v) is 1.83. The van der Waals surface area contributed by atoms with Gasteiger partial charge in [0.05, 0.1) is 5.54 Å². The minimum absolute atomic E-state index is 0.292. The van der Waals surface area contributed by atoms with Crippen LogP contribution in [0.2, 0.25) is 0 Å². The Hall–Kier alpha value is -0.610. The number of nitrogens with two attached hydrogens (primary N) is 1. The Morgan fingerprint density at radius 3 is 2.25 bits per heavy atom. The molecule has 16 heavy (non-hydrogen) atoms. The molecule has 4 heteroatoms. The van der Waals surface area contributed by atoms with Gasteiger partial charge in [-0.15, -0.1) is 0 Å². The Labute approximate surface area is 99.6 Å². The van der Waals surface area contributed by atoms with Crippen LogP contribution in [0.1, 0.15) is 34.1 Å². The van der Waals surface area contributed by atoms with Crippen LogP contribution in [0.15, 0.2) is 0 Å². The molecule has 0 rings (SSSR count). The Balaban J connectivity index is 4.41. The molecule has 0 saturated carbocycles. The molecule has 0 aliphatic rings. The van der Waals surface area contributed by atoms with E-state index in [2.05, 4.69) is 38.0 Å². The van der Waals surface area contributed by atoms with E-state index in [1.807, 2.05) is 6.92 Å². The molecule has 0 aliphatic heterocycles. The first-order valence-corrected chi connectivity index (χ1v) is 5.92. The van der Waals surface area contributed by atoms with Crippen molar-refractivity contribution >= 4 is 5.91 Å². The van der Waals surface area contributed by atoms with Gasteiger partial charge in [0.15, 0.2) is 0 Å². The third kappa shape index (κ3) is 4.49. The van der Waals surface area contributed by atoms with Gasteiger partial charge in [-0.1, -0.05) is 13.8 Å². The standard InChI is InChI=1S/C12H27N3O/c1-9(2)8-15(6)10(3)7-12(4,14-5)11(13)16/h9-10,14H,7-8H2,1-6H3,(H2,13,16). The lowest BCUT2D eigenvalue weighted by Gasteiger charge is -2.34. The highest BCUT2D eigenvalue weighted by molar-refractivity contribution is 5.84. The fraction of sp³-hybridized carbons (Fsp3) is 0.917. The molecule has 0 aromatic carbocycles. The third-order valence-electron chi connectivity index (χ3n) is 3.20. The van der Waals surface area contributed by atoms with Crippen LogP contribution in [-0.2, 0) is 4.79 Å². The van der Waals surface area contributed by atoms with Crippen LogP contribution in [-0.4, -0.2) is 43.0 Å². The van der Waals surface area contributed by atoms with Gasteiger partial charge in [-0.05, 0) is 40.3 Å². The topological polar surface area (TPSA) is 58.4 Å². The minimum atomic E-state index is -0.620. The average Bonchev–Trinajstić information content (AvgIpc) is 2.16. The molecular formula is C12H27N3O. The van der Waals surface area contributed by atoms with Gasteiger partial charge in [0.2, 0.25) is 5.91 Å². The summed E-state index contributed by atoms with van der Waals surface area (Å²) >= 11 is 0. The molecular weight excluding hydrogens is 202 g/mol. The maximum absolute atomic E-state index is 11.4. The summed E-state index contributed by atoms with van der Waals surface area (Å²) in [6.07, 6.45) is 0.724. The highest BCUT2D eigenvalue weighted by Crippen LogP contribution is 2.15. The summed E-state index contributed by atoms with van der Waals surface area (Å²) in [6, 6.07) is 0.326. The summed E-state index contributed by atoms with van der Waals surface area (Å²) < 4.78 is 0. The van der Waals surface area contributed by atoms with Crippen LogP contribution < -0.4 is 11.1 Å². The predicted molar refractivity (Wildman–Crippen MR) is 68.2 cm³/mol. The highest BCUT2D eigenvalue weighted by atomic mass is 16.1. The maximum Gasteiger partial charge on any atom is 0.237 e. The molecule has 1 amide bonds. The van der Waals surface area contributed by atoms with Crippen molar-refractivity contribution in [2.45, 2.75) is 45.7 Å². The summed E-state index contributed by atoms with van der Waals surface area (Å²) in [5, 5.41) is 3.02. The summed E-state index contributed by atoms with van der Waals surface area (Å²) in [6.45, 7) is 9.39. The third-order valence-corrected chi connectivity index (χ3v) is 3.20. The summed E-state index contributed by atoms with van der Waals surface area (Å²) in [4.78, 5) is 13.6. The number of nitrogens with zero attached hydrogens (tertiary/aromatic N) is 1. The van der Waals surface area contributed by atoms with Crippen molar-refractivity contribution in [1.82, 2.24) is 10.2 Å². The quantitative estimate of drug-likeness (QED) is 0.679. The van der Waals surface area contributed by atoms with Crippen molar-refractivity contribution in [3.63, 3.8) is 0 Å². The maximum atomic E-state index is 11.4. The molecule has 4 nitrogen and oxygen atoms in total. The van der Waals surface area contributed by atoms with Crippen molar-refractivity contribution < 1.29 is 4.79 Å². The molecule has 0 aromatic rings. The van der Waals surface area contributed by atoms with E-state index in [4.69, 9.17) is 5.73 Å². The first-order chi connectivity index (χ1) is 7.23. The van der Waals surface area contributed by atoms with Gasteiger partial charge in [0, 0.05) is 12.6 Å². The van der Waals surface area contributed by atoms with E-state index in [-0.39, 0.29) is 5.91 Å². The van der Waals surface area contributed by atoms with Crippen molar-refractivity contribution in [1.29, 1.82) is 0 Å². The van der Waals surface area contributed by atoms with Crippen molar-refractivity contribution in [3.8, 4) is 0 Å². The van der Waals surface area contributed by atoms with E-state index in [9.17, 15) is 4.79 Å². The lowest BCUT2D eigenvalue weighted by atomic mass is 9.92. The van der Waals surface area contributed by atoms with E-state index in [0.717, 1.165) is 13.0 Å². The number of likely N-dealkylation sites (N-methyl/N-ethyl adjacent to an activating group) is 1. The minimum Gasteiger partial charge on any atom is -0.368 e. The Morgan fingerprint density at radius 2 is 1.94 bits per heavy atom. The predicted octanol–water partition coefficient (Wildman–Crippen LogP) is 0.816. The first kappa shape index (κ1) is 15.4. The van der Waals surface area contributed by atoms with Gasteiger partial charge < -0.3 is 16.0 Å². The number of carbonyl (C=O) groups is 1. The van der Waals surface area contributed by atoms with Gasteiger partial charge in [-0.2, -0.15) is 0 Å². The van der Waals surface area contributed by atoms with E-state index in [1.165, 1.54) is 0 Å². The Morgan fingerprint density at radius 1 is 1.44 bits per heavy atom. The highest BCUT2D eigenvalue weighted by Gasteiger charge is 2.31. The van der Waals surface area contributed by atoms with Crippen LogP contribution in [0, 0.1) is 5.92 Å². The molecule has 0 saturated heterocycles. The molecule has 0 aromatic heterocycles. The molecule has 2 atom stereocenters. The van der Waals surface area contributed by atoms with Gasteiger partial charge in [-0.3, -0.25) is 4.79 Å². The molecule has 0 bridgehead atoms. The molecule has 0 fully saturated rings. The Kier molecular flexibility index (Phi) is 5.97. The number of hydrogen-bond donors (Lipinski definition) is 2. The van der Waals surface area contributed by atoms with Crippen molar-refractivity contribution in [2.75, 3.05) is 20.6 Å². The van der Waals surface area contributed by atoms with Gasteiger partial charge in [0.25, 0.3) is 0 Å². The summed E-state index contributed by atoms with van der Waals surface area (Å²) in [5.41, 5.74) is 4.79. The monoisotopic (exact) mass is 229 g/mol. The number of nitrogens with one attached hydrogen (secondary N) is 1. The van der Waals surface area contributed by atoms with E-state index >= 15 is 0 Å². The van der Waals surface area contributed by atoms with Gasteiger partial charge >= 0.3 is 0 Å². The molecule has 0 radical (unpaired) electrons. The van der Waals surface area contributed by atoms with Crippen LogP contribution in [0.25, 0.3) is 0 Å². The second kappa shape index (κ2) is 6.21. The average molecular weight is 229 g/mol. The second-order valence-corrected chi connectivity index (χ2v) is 5.33. The summed E-state index contributed by atoms with van der Waals surface area (Å²) in [7, 11) is 3.86. The second-order valence-electron chi connectivity index (χ2n) is 5.33. The smallest absolute Gasteiger partial charge is 0.237 e. The molecule has 0 spiro atoms. The normalized spacial score (nSPS) is 17.5. The number of amides is 1. The van der Waals surface area contributed by atoms with Crippen LogP contribution in [0.4, 0.5) is 0 Å². The summed E-state index contributed by atoms with van der Waals surface area (Å²) in [5.74, 6) is 0.335. The largest absolute Gasteiger partial charge is 0.368 e. The lowest BCUT2D eigenvalue weighted by molar-refractivity contribution is -0.124. The molecule has 0 heterocycles. The Bertz CT molecular complexity index is 230. The van der Waals surface area contributed by atoms with E-state index < -0.39 is 5.54 Å². The van der Waals surface area contributed by atoms with E-state index in [0.29, 0.717) is 12.0 Å². The van der Waals surface area contributed by atoms with E-state index in [1.54, 1.807) is 7.05 Å². The molecule has 96 valence electrons. The lowest BCUT2D eigenvalue weighted by Crippen LogP contribution is -2.54. The van der Waals surface area contributed by atoms with Gasteiger partial charge in [-0.25, -0.2) is 0 Å². The number of carbonyl (C=O) groups excluding carboxylic acids is 1. The van der Waals surface area contributed by atoms with Crippen LogP contribution in [0.5, 0.6) is 0 Å².